The molecule has 0 saturated carbocycles. The average molecular weight is 248 g/mol. The van der Waals surface area contributed by atoms with Gasteiger partial charge in [0.2, 0.25) is 0 Å². The summed E-state index contributed by atoms with van der Waals surface area (Å²) in [6.07, 6.45) is 3.68. The molecule has 0 aliphatic carbocycles. The summed E-state index contributed by atoms with van der Waals surface area (Å²) < 4.78 is 0. The maximum atomic E-state index is 5.63. The summed E-state index contributed by atoms with van der Waals surface area (Å²) >= 11 is 0. The molecule has 1 unspecified atom stereocenters. The summed E-state index contributed by atoms with van der Waals surface area (Å²) in [5, 5.41) is 0. The van der Waals surface area contributed by atoms with E-state index >= 15 is 0 Å². The van der Waals surface area contributed by atoms with Crippen molar-refractivity contribution in [1.29, 1.82) is 0 Å². The molecule has 0 radical (unpaired) electrons. The van der Waals surface area contributed by atoms with E-state index < -0.39 is 0 Å². The first-order chi connectivity index (χ1) is 8.76. The lowest BCUT2D eigenvalue weighted by Gasteiger charge is -2.25. The standard InChI is InChI=1S/C16H28N2/c1-3-8-15(2)13-18(12-7-11-17)14-16-9-5-4-6-10-16/h4-6,9-10,15H,3,7-8,11-14,17H2,1-2H3. The van der Waals surface area contributed by atoms with Crippen LogP contribution in [0.4, 0.5) is 0 Å². The van der Waals surface area contributed by atoms with Crippen LogP contribution in [0.15, 0.2) is 30.3 Å². The van der Waals surface area contributed by atoms with Crippen LogP contribution in [0.5, 0.6) is 0 Å². The van der Waals surface area contributed by atoms with Crippen LogP contribution in [0.2, 0.25) is 0 Å². The fraction of sp³-hybridized carbons (Fsp3) is 0.625. The van der Waals surface area contributed by atoms with Crippen LogP contribution in [0.3, 0.4) is 0 Å². The molecule has 2 heteroatoms. The quantitative estimate of drug-likeness (QED) is 0.726. The van der Waals surface area contributed by atoms with E-state index in [0.29, 0.717) is 0 Å². The Morgan fingerprint density at radius 1 is 1.22 bits per heavy atom. The normalized spacial score (nSPS) is 12.9. The first kappa shape index (κ1) is 15.2. The number of nitrogens with zero attached hydrogens (tertiary/aromatic N) is 1. The highest BCUT2D eigenvalue weighted by atomic mass is 15.1. The summed E-state index contributed by atoms with van der Waals surface area (Å²) in [5.74, 6) is 0.775. The Bertz CT molecular complexity index is 297. The largest absolute Gasteiger partial charge is 0.330 e. The van der Waals surface area contributed by atoms with E-state index in [1.807, 2.05) is 0 Å². The van der Waals surface area contributed by atoms with Gasteiger partial charge in [-0.2, -0.15) is 0 Å². The number of hydrogen-bond donors (Lipinski definition) is 1. The third kappa shape index (κ3) is 6.18. The van der Waals surface area contributed by atoms with E-state index in [9.17, 15) is 0 Å². The average Bonchev–Trinajstić information content (AvgIpc) is 2.37. The Kier molecular flexibility index (Phi) is 7.70. The maximum Gasteiger partial charge on any atom is 0.0233 e. The van der Waals surface area contributed by atoms with Gasteiger partial charge in [0, 0.05) is 13.1 Å². The van der Waals surface area contributed by atoms with Gasteiger partial charge in [0.25, 0.3) is 0 Å². The first-order valence-electron chi connectivity index (χ1n) is 7.22. The minimum atomic E-state index is 0.775. The maximum absolute atomic E-state index is 5.63. The van der Waals surface area contributed by atoms with E-state index in [1.165, 1.54) is 24.9 Å². The van der Waals surface area contributed by atoms with Crippen molar-refractivity contribution < 1.29 is 0 Å². The third-order valence-electron chi connectivity index (χ3n) is 3.28. The summed E-state index contributed by atoms with van der Waals surface area (Å²) in [5.41, 5.74) is 7.03. The second kappa shape index (κ2) is 9.12. The highest BCUT2D eigenvalue weighted by Gasteiger charge is 2.09. The Hall–Kier alpha value is -0.860. The van der Waals surface area contributed by atoms with Crippen molar-refractivity contribution in [2.45, 2.75) is 39.7 Å². The molecule has 2 N–H and O–H groups in total. The second-order valence-corrected chi connectivity index (χ2v) is 5.26. The Morgan fingerprint density at radius 3 is 2.56 bits per heavy atom. The van der Waals surface area contributed by atoms with Crippen LogP contribution in [-0.4, -0.2) is 24.5 Å². The van der Waals surface area contributed by atoms with Gasteiger partial charge in [-0.05, 0) is 37.4 Å². The predicted molar refractivity (Wildman–Crippen MR) is 79.5 cm³/mol. The van der Waals surface area contributed by atoms with Gasteiger partial charge in [0.15, 0.2) is 0 Å². The molecule has 0 bridgehead atoms. The van der Waals surface area contributed by atoms with Gasteiger partial charge < -0.3 is 5.73 Å². The second-order valence-electron chi connectivity index (χ2n) is 5.26. The molecule has 0 aliphatic rings. The summed E-state index contributed by atoms with van der Waals surface area (Å²) in [6.45, 7) is 8.74. The van der Waals surface area contributed by atoms with Gasteiger partial charge in [-0.15, -0.1) is 0 Å². The number of hydrogen-bond acceptors (Lipinski definition) is 2. The van der Waals surface area contributed by atoms with Gasteiger partial charge in [-0.1, -0.05) is 50.6 Å². The zero-order valence-electron chi connectivity index (χ0n) is 11.9. The lowest BCUT2D eigenvalue weighted by molar-refractivity contribution is 0.222. The SMILES string of the molecule is CCCC(C)CN(CCCN)Cc1ccccc1. The lowest BCUT2D eigenvalue weighted by Crippen LogP contribution is -2.30. The third-order valence-corrected chi connectivity index (χ3v) is 3.28. The molecule has 0 heterocycles. The van der Waals surface area contributed by atoms with Gasteiger partial charge in [-0.25, -0.2) is 0 Å². The molecule has 18 heavy (non-hydrogen) atoms. The van der Waals surface area contributed by atoms with Gasteiger partial charge in [0.05, 0.1) is 0 Å². The van der Waals surface area contributed by atoms with Crippen LogP contribution in [0.25, 0.3) is 0 Å². The molecular formula is C16H28N2. The summed E-state index contributed by atoms with van der Waals surface area (Å²) in [6, 6.07) is 10.7. The van der Waals surface area contributed by atoms with Crippen LogP contribution >= 0.6 is 0 Å². The number of benzene rings is 1. The minimum absolute atomic E-state index is 0.775. The molecule has 0 spiro atoms. The molecular weight excluding hydrogens is 220 g/mol. The molecule has 1 atom stereocenters. The number of nitrogens with two attached hydrogens (primary N) is 1. The van der Waals surface area contributed by atoms with Gasteiger partial charge >= 0.3 is 0 Å². The molecule has 102 valence electrons. The fourth-order valence-corrected chi connectivity index (χ4v) is 2.42. The monoisotopic (exact) mass is 248 g/mol. The molecule has 0 amide bonds. The highest BCUT2D eigenvalue weighted by Crippen LogP contribution is 2.11. The van der Waals surface area contributed by atoms with Crippen molar-refractivity contribution in [2.24, 2.45) is 11.7 Å². The van der Waals surface area contributed by atoms with E-state index in [1.54, 1.807) is 0 Å². The molecule has 1 aromatic rings. The fourth-order valence-electron chi connectivity index (χ4n) is 2.42. The van der Waals surface area contributed by atoms with E-state index in [2.05, 4.69) is 49.1 Å². The van der Waals surface area contributed by atoms with Gasteiger partial charge in [-0.3, -0.25) is 4.90 Å². The van der Waals surface area contributed by atoms with Crippen molar-refractivity contribution >= 4 is 0 Å². The van der Waals surface area contributed by atoms with Crippen LogP contribution in [0.1, 0.15) is 38.7 Å². The highest BCUT2D eigenvalue weighted by molar-refractivity contribution is 5.14. The van der Waals surface area contributed by atoms with E-state index in [4.69, 9.17) is 5.73 Å². The topological polar surface area (TPSA) is 29.3 Å². The van der Waals surface area contributed by atoms with E-state index in [0.717, 1.165) is 32.0 Å². The molecule has 0 fully saturated rings. The molecule has 2 nitrogen and oxygen atoms in total. The smallest absolute Gasteiger partial charge is 0.0233 e. The van der Waals surface area contributed by atoms with Crippen molar-refractivity contribution in [2.75, 3.05) is 19.6 Å². The van der Waals surface area contributed by atoms with Crippen LogP contribution < -0.4 is 5.73 Å². The zero-order chi connectivity index (χ0) is 13.2. The van der Waals surface area contributed by atoms with Crippen molar-refractivity contribution in [3.63, 3.8) is 0 Å². The first-order valence-corrected chi connectivity index (χ1v) is 7.22. The van der Waals surface area contributed by atoms with Crippen LogP contribution in [-0.2, 0) is 6.54 Å². The van der Waals surface area contributed by atoms with Crippen LogP contribution in [0, 0.1) is 5.92 Å². The lowest BCUT2D eigenvalue weighted by atomic mass is 10.0. The molecule has 0 aromatic heterocycles. The summed E-state index contributed by atoms with van der Waals surface area (Å²) in [4.78, 5) is 2.54. The molecule has 1 aromatic carbocycles. The summed E-state index contributed by atoms with van der Waals surface area (Å²) in [7, 11) is 0. The minimum Gasteiger partial charge on any atom is -0.330 e. The molecule has 0 saturated heterocycles. The Labute approximate surface area is 112 Å². The zero-order valence-corrected chi connectivity index (χ0v) is 11.9. The molecule has 1 rings (SSSR count). The molecule has 0 aliphatic heterocycles. The van der Waals surface area contributed by atoms with Crippen molar-refractivity contribution in [1.82, 2.24) is 4.90 Å². The predicted octanol–water partition coefficient (Wildman–Crippen LogP) is 3.27. The van der Waals surface area contributed by atoms with Crippen molar-refractivity contribution in [3.8, 4) is 0 Å². The van der Waals surface area contributed by atoms with Gasteiger partial charge in [0.1, 0.15) is 0 Å². The number of rotatable bonds is 9. The van der Waals surface area contributed by atoms with Crippen molar-refractivity contribution in [3.05, 3.63) is 35.9 Å². The van der Waals surface area contributed by atoms with E-state index in [-0.39, 0.29) is 0 Å². The Balaban J connectivity index is 2.49. The Morgan fingerprint density at radius 2 is 1.94 bits per heavy atom.